The smallest absolute Gasteiger partial charge is 0.279 e. The SMILES string of the molecule is Cn1nccc1S(=O)(=O)Nc1ccc(N)c(Cl)c1. The Bertz CT molecular complexity index is 681. The lowest BCUT2D eigenvalue weighted by Gasteiger charge is -2.09. The summed E-state index contributed by atoms with van der Waals surface area (Å²) in [4.78, 5) is 0. The van der Waals surface area contributed by atoms with Crippen LogP contribution in [0.1, 0.15) is 0 Å². The fourth-order valence-electron chi connectivity index (χ4n) is 1.42. The number of nitrogens with zero attached hydrogens (tertiary/aromatic N) is 2. The van der Waals surface area contributed by atoms with E-state index in [0.29, 0.717) is 16.4 Å². The number of benzene rings is 1. The zero-order valence-corrected chi connectivity index (χ0v) is 11.0. The van der Waals surface area contributed by atoms with Crippen LogP contribution < -0.4 is 10.5 Å². The third kappa shape index (κ3) is 2.41. The molecule has 0 bridgehead atoms. The van der Waals surface area contributed by atoms with Crippen LogP contribution in [0.5, 0.6) is 0 Å². The lowest BCUT2D eigenvalue weighted by molar-refractivity contribution is 0.582. The van der Waals surface area contributed by atoms with Crippen LogP contribution in [0, 0.1) is 0 Å². The number of aryl methyl sites for hydroxylation is 1. The van der Waals surface area contributed by atoms with Gasteiger partial charge in [0.15, 0.2) is 5.03 Å². The van der Waals surface area contributed by atoms with Crippen LogP contribution in [0.2, 0.25) is 5.02 Å². The number of hydrogen-bond acceptors (Lipinski definition) is 4. The molecule has 0 spiro atoms. The van der Waals surface area contributed by atoms with Crippen LogP contribution in [-0.4, -0.2) is 18.2 Å². The van der Waals surface area contributed by atoms with Gasteiger partial charge in [-0.1, -0.05) is 11.6 Å². The van der Waals surface area contributed by atoms with Crippen LogP contribution in [0.4, 0.5) is 11.4 Å². The number of anilines is 2. The summed E-state index contributed by atoms with van der Waals surface area (Å²) in [5.41, 5.74) is 6.28. The molecule has 1 aromatic heterocycles. The first-order chi connectivity index (χ1) is 8.40. The van der Waals surface area contributed by atoms with Gasteiger partial charge in [0.1, 0.15) is 0 Å². The number of halogens is 1. The largest absolute Gasteiger partial charge is 0.398 e. The van der Waals surface area contributed by atoms with Crippen LogP contribution in [-0.2, 0) is 17.1 Å². The summed E-state index contributed by atoms with van der Waals surface area (Å²) in [6.07, 6.45) is 1.41. The van der Waals surface area contributed by atoms with Crippen LogP contribution in [0.25, 0.3) is 0 Å². The van der Waals surface area contributed by atoms with E-state index in [4.69, 9.17) is 17.3 Å². The van der Waals surface area contributed by atoms with E-state index in [2.05, 4.69) is 9.82 Å². The first-order valence-electron chi connectivity index (χ1n) is 4.96. The summed E-state index contributed by atoms with van der Waals surface area (Å²) in [7, 11) is -2.13. The molecule has 0 aliphatic rings. The van der Waals surface area contributed by atoms with Gasteiger partial charge < -0.3 is 5.73 Å². The second kappa shape index (κ2) is 4.51. The van der Waals surface area contributed by atoms with Crippen molar-refractivity contribution in [2.75, 3.05) is 10.5 Å². The average Bonchev–Trinajstić information content (AvgIpc) is 2.70. The molecule has 96 valence electrons. The van der Waals surface area contributed by atoms with E-state index in [9.17, 15) is 8.42 Å². The summed E-state index contributed by atoms with van der Waals surface area (Å²) in [5, 5.41) is 4.16. The minimum atomic E-state index is -3.68. The van der Waals surface area contributed by atoms with E-state index < -0.39 is 10.0 Å². The Morgan fingerprint density at radius 1 is 1.39 bits per heavy atom. The van der Waals surface area contributed by atoms with E-state index in [0.717, 1.165) is 0 Å². The number of hydrogen-bond donors (Lipinski definition) is 2. The molecule has 0 amide bonds. The van der Waals surface area contributed by atoms with E-state index >= 15 is 0 Å². The van der Waals surface area contributed by atoms with Gasteiger partial charge in [0.05, 0.1) is 22.6 Å². The molecule has 0 saturated carbocycles. The zero-order chi connectivity index (χ0) is 13.3. The fourth-order valence-corrected chi connectivity index (χ4v) is 2.78. The van der Waals surface area contributed by atoms with E-state index in [-0.39, 0.29) is 5.03 Å². The van der Waals surface area contributed by atoms with Gasteiger partial charge in [-0.05, 0) is 24.3 Å². The van der Waals surface area contributed by atoms with Crippen LogP contribution in [0.15, 0.2) is 35.5 Å². The quantitative estimate of drug-likeness (QED) is 0.836. The lowest BCUT2D eigenvalue weighted by Crippen LogP contribution is -2.16. The zero-order valence-electron chi connectivity index (χ0n) is 9.46. The van der Waals surface area contributed by atoms with Crippen LogP contribution in [0.3, 0.4) is 0 Å². The molecule has 1 heterocycles. The first kappa shape index (κ1) is 12.7. The monoisotopic (exact) mass is 286 g/mol. The minimum absolute atomic E-state index is 0.0652. The lowest BCUT2D eigenvalue weighted by atomic mass is 10.3. The van der Waals surface area contributed by atoms with Crippen molar-refractivity contribution in [3.63, 3.8) is 0 Å². The molecule has 6 nitrogen and oxygen atoms in total. The van der Waals surface area contributed by atoms with E-state index in [1.165, 1.54) is 35.1 Å². The number of sulfonamides is 1. The Balaban J connectivity index is 2.34. The molecule has 0 radical (unpaired) electrons. The van der Waals surface area contributed by atoms with Crippen molar-refractivity contribution in [1.82, 2.24) is 9.78 Å². The number of nitrogen functional groups attached to an aromatic ring is 1. The maximum absolute atomic E-state index is 12.0. The fraction of sp³-hybridized carbons (Fsp3) is 0.100. The molecule has 0 saturated heterocycles. The summed E-state index contributed by atoms with van der Waals surface area (Å²) in [5.74, 6) is 0. The summed E-state index contributed by atoms with van der Waals surface area (Å²) >= 11 is 5.82. The van der Waals surface area contributed by atoms with Gasteiger partial charge in [-0.3, -0.25) is 9.40 Å². The van der Waals surface area contributed by atoms with Crippen molar-refractivity contribution in [2.45, 2.75) is 5.03 Å². The molecule has 3 N–H and O–H groups in total. The van der Waals surface area contributed by atoms with Crippen molar-refractivity contribution >= 4 is 33.0 Å². The molecule has 0 unspecified atom stereocenters. The van der Waals surface area contributed by atoms with Crippen molar-refractivity contribution in [3.05, 3.63) is 35.5 Å². The van der Waals surface area contributed by atoms with Gasteiger partial charge in [0.25, 0.3) is 10.0 Å². The molecular weight excluding hydrogens is 276 g/mol. The molecule has 0 atom stereocenters. The predicted molar refractivity (Wildman–Crippen MR) is 69.9 cm³/mol. The van der Waals surface area contributed by atoms with Crippen molar-refractivity contribution in [1.29, 1.82) is 0 Å². The normalized spacial score (nSPS) is 11.4. The molecule has 8 heteroatoms. The van der Waals surface area contributed by atoms with Crippen molar-refractivity contribution in [3.8, 4) is 0 Å². The van der Waals surface area contributed by atoms with Crippen molar-refractivity contribution < 1.29 is 8.42 Å². The summed E-state index contributed by atoms with van der Waals surface area (Å²) < 4.78 is 27.7. The second-order valence-corrected chi connectivity index (χ2v) is 5.67. The summed E-state index contributed by atoms with van der Waals surface area (Å²) in [6.45, 7) is 0. The molecular formula is C10H11ClN4O2S. The van der Waals surface area contributed by atoms with Gasteiger partial charge in [0, 0.05) is 7.05 Å². The highest BCUT2D eigenvalue weighted by Gasteiger charge is 2.18. The Morgan fingerprint density at radius 2 is 2.11 bits per heavy atom. The molecule has 0 aliphatic carbocycles. The van der Waals surface area contributed by atoms with Gasteiger partial charge in [-0.15, -0.1) is 0 Å². The molecule has 1 aromatic carbocycles. The Hall–Kier alpha value is -1.73. The third-order valence-electron chi connectivity index (χ3n) is 2.30. The Morgan fingerprint density at radius 3 is 2.67 bits per heavy atom. The highest BCUT2D eigenvalue weighted by Crippen LogP contribution is 2.24. The number of aromatic nitrogens is 2. The first-order valence-corrected chi connectivity index (χ1v) is 6.82. The van der Waals surface area contributed by atoms with E-state index in [1.807, 2.05) is 0 Å². The molecule has 2 rings (SSSR count). The van der Waals surface area contributed by atoms with Crippen molar-refractivity contribution in [2.24, 2.45) is 7.05 Å². The van der Waals surface area contributed by atoms with Gasteiger partial charge in [-0.25, -0.2) is 0 Å². The van der Waals surface area contributed by atoms with Gasteiger partial charge >= 0.3 is 0 Å². The standard InChI is InChI=1S/C10H11ClN4O2S/c1-15-10(4-5-13-15)18(16,17)14-7-2-3-9(12)8(11)6-7/h2-6,14H,12H2,1H3. The van der Waals surface area contributed by atoms with E-state index in [1.54, 1.807) is 7.05 Å². The number of rotatable bonds is 3. The topological polar surface area (TPSA) is 90.0 Å². The number of nitrogens with one attached hydrogen (secondary N) is 1. The predicted octanol–water partition coefficient (Wildman–Crippen LogP) is 1.46. The highest BCUT2D eigenvalue weighted by molar-refractivity contribution is 7.92. The second-order valence-electron chi connectivity index (χ2n) is 3.63. The Kier molecular flexibility index (Phi) is 3.18. The minimum Gasteiger partial charge on any atom is -0.398 e. The Labute approximate surface area is 109 Å². The molecule has 2 aromatic rings. The maximum Gasteiger partial charge on any atom is 0.279 e. The summed E-state index contributed by atoms with van der Waals surface area (Å²) in [6, 6.07) is 5.92. The van der Waals surface area contributed by atoms with Crippen LogP contribution >= 0.6 is 11.6 Å². The maximum atomic E-state index is 12.0. The molecule has 18 heavy (non-hydrogen) atoms. The third-order valence-corrected chi connectivity index (χ3v) is 4.09. The van der Waals surface area contributed by atoms with Gasteiger partial charge in [0.2, 0.25) is 0 Å². The van der Waals surface area contributed by atoms with Gasteiger partial charge in [-0.2, -0.15) is 13.5 Å². The molecule has 0 aliphatic heterocycles. The highest BCUT2D eigenvalue weighted by atomic mass is 35.5. The number of nitrogens with two attached hydrogens (primary N) is 1. The molecule has 0 fully saturated rings. The average molecular weight is 287 g/mol.